The van der Waals surface area contributed by atoms with Crippen LogP contribution in [0.1, 0.15) is 56.7 Å². The first kappa shape index (κ1) is 14.0. The van der Waals surface area contributed by atoms with E-state index in [1.807, 2.05) is 12.1 Å². The molecule has 1 N–H and O–H groups in total. The fourth-order valence-corrected chi connectivity index (χ4v) is 3.00. The van der Waals surface area contributed by atoms with Crippen LogP contribution in [0.3, 0.4) is 0 Å². The summed E-state index contributed by atoms with van der Waals surface area (Å²) < 4.78 is 0. The third-order valence-electron chi connectivity index (χ3n) is 4.12. The van der Waals surface area contributed by atoms with E-state index in [2.05, 4.69) is 23.3 Å². The highest BCUT2D eigenvalue weighted by molar-refractivity contribution is 5.30. The second-order valence-corrected chi connectivity index (χ2v) is 5.51. The summed E-state index contributed by atoms with van der Waals surface area (Å²) >= 11 is 0. The number of hydrogen-bond donors (Lipinski definition) is 1. The minimum Gasteiger partial charge on any atom is -0.310 e. The van der Waals surface area contributed by atoms with E-state index in [0.717, 1.165) is 18.0 Å². The molecule has 3 heteroatoms. The molecule has 2 rings (SSSR count). The number of nitrogens with zero attached hydrogens (tertiary/aromatic N) is 2. The number of pyridine rings is 1. The van der Waals surface area contributed by atoms with Gasteiger partial charge in [0.05, 0.1) is 0 Å². The second kappa shape index (κ2) is 7.25. The predicted octanol–water partition coefficient (Wildman–Crippen LogP) is 3.40. The number of rotatable bonds is 5. The fraction of sp³-hybridized carbons (Fsp3) is 0.625. The number of aromatic nitrogens is 1. The van der Waals surface area contributed by atoms with E-state index in [4.69, 9.17) is 5.26 Å². The molecular weight excluding hydrogens is 234 g/mol. The van der Waals surface area contributed by atoms with Crippen molar-refractivity contribution < 1.29 is 0 Å². The number of hydrogen-bond acceptors (Lipinski definition) is 3. The molecule has 0 radical (unpaired) electrons. The van der Waals surface area contributed by atoms with Crippen LogP contribution >= 0.6 is 0 Å². The van der Waals surface area contributed by atoms with Gasteiger partial charge in [0.1, 0.15) is 11.8 Å². The van der Waals surface area contributed by atoms with Gasteiger partial charge in [0, 0.05) is 24.3 Å². The molecule has 0 amide bonds. The average molecular weight is 257 g/mol. The minimum atomic E-state index is 0.551. The van der Waals surface area contributed by atoms with Crippen LogP contribution in [0.25, 0.3) is 0 Å². The Morgan fingerprint density at radius 1 is 1.37 bits per heavy atom. The topological polar surface area (TPSA) is 48.7 Å². The van der Waals surface area contributed by atoms with Gasteiger partial charge in [0.2, 0.25) is 0 Å². The van der Waals surface area contributed by atoms with Gasteiger partial charge in [0.25, 0.3) is 0 Å². The summed E-state index contributed by atoms with van der Waals surface area (Å²) in [6.07, 6.45) is 9.61. The largest absolute Gasteiger partial charge is 0.310 e. The van der Waals surface area contributed by atoms with E-state index in [0.29, 0.717) is 11.7 Å². The summed E-state index contributed by atoms with van der Waals surface area (Å²) in [5, 5.41) is 12.6. The van der Waals surface area contributed by atoms with Crippen LogP contribution in [0, 0.1) is 17.2 Å². The highest BCUT2D eigenvalue weighted by Gasteiger charge is 2.20. The van der Waals surface area contributed by atoms with Crippen molar-refractivity contribution in [1.29, 1.82) is 5.26 Å². The standard InChI is InChI=1S/C16H23N3/c1-2-4-13-6-8-15(9-7-13)19-12-14-5-3-10-18-16(14)11-17/h3,5,10,13,15,19H,2,4,6-9,12H2,1H3. The van der Waals surface area contributed by atoms with E-state index >= 15 is 0 Å². The normalized spacial score (nSPS) is 22.9. The third kappa shape index (κ3) is 4.04. The van der Waals surface area contributed by atoms with Gasteiger partial charge in [-0.25, -0.2) is 4.98 Å². The Kier molecular flexibility index (Phi) is 5.35. The van der Waals surface area contributed by atoms with Crippen LogP contribution in [0.15, 0.2) is 18.3 Å². The van der Waals surface area contributed by atoms with Crippen molar-refractivity contribution in [3.05, 3.63) is 29.6 Å². The lowest BCUT2D eigenvalue weighted by molar-refractivity contribution is 0.277. The Labute approximate surface area is 116 Å². The first-order chi connectivity index (χ1) is 9.33. The van der Waals surface area contributed by atoms with Crippen molar-refractivity contribution in [2.75, 3.05) is 0 Å². The summed E-state index contributed by atoms with van der Waals surface area (Å²) in [6.45, 7) is 3.04. The predicted molar refractivity (Wildman–Crippen MR) is 76.4 cm³/mol. The molecule has 0 bridgehead atoms. The average Bonchev–Trinajstić information content (AvgIpc) is 2.47. The molecule has 1 aromatic rings. The molecule has 0 saturated heterocycles. The van der Waals surface area contributed by atoms with Gasteiger partial charge in [-0.3, -0.25) is 0 Å². The van der Waals surface area contributed by atoms with Crippen LogP contribution in [-0.4, -0.2) is 11.0 Å². The van der Waals surface area contributed by atoms with Crippen molar-refractivity contribution in [3.63, 3.8) is 0 Å². The molecule has 3 nitrogen and oxygen atoms in total. The van der Waals surface area contributed by atoms with Gasteiger partial charge in [-0.2, -0.15) is 5.26 Å². The zero-order valence-corrected chi connectivity index (χ0v) is 11.7. The quantitative estimate of drug-likeness (QED) is 0.879. The van der Waals surface area contributed by atoms with Gasteiger partial charge in [-0.15, -0.1) is 0 Å². The van der Waals surface area contributed by atoms with Crippen LogP contribution in [0.5, 0.6) is 0 Å². The zero-order valence-electron chi connectivity index (χ0n) is 11.7. The molecule has 0 unspecified atom stereocenters. The molecule has 1 aromatic heterocycles. The van der Waals surface area contributed by atoms with Crippen molar-refractivity contribution in [2.45, 2.75) is 58.0 Å². The zero-order chi connectivity index (χ0) is 13.5. The highest BCUT2D eigenvalue weighted by Crippen LogP contribution is 2.27. The Morgan fingerprint density at radius 3 is 2.84 bits per heavy atom. The fourth-order valence-electron chi connectivity index (χ4n) is 3.00. The first-order valence-electron chi connectivity index (χ1n) is 7.40. The van der Waals surface area contributed by atoms with Crippen molar-refractivity contribution in [2.24, 2.45) is 5.92 Å². The summed E-state index contributed by atoms with van der Waals surface area (Å²) in [5.41, 5.74) is 1.57. The van der Waals surface area contributed by atoms with E-state index in [-0.39, 0.29) is 0 Å². The molecule has 1 heterocycles. The Balaban J connectivity index is 1.79. The first-order valence-corrected chi connectivity index (χ1v) is 7.40. The summed E-state index contributed by atoms with van der Waals surface area (Å²) in [6, 6.07) is 6.65. The number of nitrogens with one attached hydrogen (secondary N) is 1. The van der Waals surface area contributed by atoms with E-state index in [1.54, 1.807) is 6.20 Å². The molecule has 1 aliphatic rings. The van der Waals surface area contributed by atoms with Gasteiger partial charge < -0.3 is 5.32 Å². The smallest absolute Gasteiger partial charge is 0.144 e. The maximum Gasteiger partial charge on any atom is 0.144 e. The Hall–Kier alpha value is -1.40. The molecule has 0 aliphatic heterocycles. The number of nitriles is 1. The van der Waals surface area contributed by atoms with Crippen LogP contribution in [0.4, 0.5) is 0 Å². The molecule has 1 fully saturated rings. The van der Waals surface area contributed by atoms with Gasteiger partial charge >= 0.3 is 0 Å². The van der Waals surface area contributed by atoms with Gasteiger partial charge in [0.15, 0.2) is 0 Å². The van der Waals surface area contributed by atoms with E-state index in [9.17, 15) is 0 Å². The summed E-state index contributed by atoms with van der Waals surface area (Å²) in [7, 11) is 0. The molecule has 102 valence electrons. The van der Waals surface area contributed by atoms with Gasteiger partial charge in [-0.05, 0) is 37.7 Å². The molecular formula is C16H23N3. The SMILES string of the molecule is CCCC1CCC(NCc2cccnc2C#N)CC1. The second-order valence-electron chi connectivity index (χ2n) is 5.51. The molecule has 1 aliphatic carbocycles. The lowest BCUT2D eigenvalue weighted by atomic mass is 9.83. The van der Waals surface area contributed by atoms with E-state index in [1.165, 1.54) is 38.5 Å². The molecule has 0 spiro atoms. The Morgan fingerprint density at radius 2 is 2.16 bits per heavy atom. The molecule has 0 aromatic carbocycles. The molecule has 1 saturated carbocycles. The maximum absolute atomic E-state index is 9.01. The van der Waals surface area contributed by atoms with Crippen molar-refractivity contribution in [3.8, 4) is 6.07 Å². The van der Waals surface area contributed by atoms with Gasteiger partial charge in [-0.1, -0.05) is 25.8 Å². The maximum atomic E-state index is 9.01. The highest BCUT2D eigenvalue weighted by atomic mass is 14.9. The van der Waals surface area contributed by atoms with Crippen molar-refractivity contribution >= 4 is 0 Å². The lowest BCUT2D eigenvalue weighted by Crippen LogP contribution is -2.33. The van der Waals surface area contributed by atoms with E-state index < -0.39 is 0 Å². The molecule has 19 heavy (non-hydrogen) atoms. The summed E-state index contributed by atoms with van der Waals surface area (Å²) in [4.78, 5) is 4.10. The monoisotopic (exact) mass is 257 g/mol. The van der Waals surface area contributed by atoms with Crippen LogP contribution < -0.4 is 5.32 Å². The van der Waals surface area contributed by atoms with Crippen molar-refractivity contribution in [1.82, 2.24) is 10.3 Å². The molecule has 0 atom stereocenters. The lowest BCUT2D eigenvalue weighted by Gasteiger charge is -2.29. The van der Waals surface area contributed by atoms with Crippen LogP contribution in [-0.2, 0) is 6.54 Å². The Bertz CT molecular complexity index is 428. The third-order valence-corrected chi connectivity index (χ3v) is 4.12. The minimum absolute atomic E-state index is 0.551. The van der Waals surface area contributed by atoms with Crippen LogP contribution in [0.2, 0.25) is 0 Å². The summed E-state index contributed by atoms with van der Waals surface area (Å²) in [5.74, 6) is 0.941.